The predicted octanol–water partition coefficient (Wildman–Crippen LogP) is 6.57. The molecule has 27 heavy (non-hydrogen) atoms. The summed E-state index contributed by atoms with van der Waals surface area (Å²) < 4.78 is 31.3. The Balaban J connectivity index is 0.000000156. The minimum Gasteiger partial charge on any atom is -0.272 e. The molecule has 4 aromatic rings. The van der Waals surface area contributed by atoms with Crippen LogP contribution in [0.2, 0.25) is 5.15 Å². The molecule has 4 rings (SSSR count). The first kappa shape index (κ1) is 20.2. The van der Waals surface area contributed by atoms with Gasteiger partial charge in [0.1, 0.15) is 16.8 Å². The van der Waals surface area contributed by atoms with Crippen LogP contribution in [0.25, 0.3) is 21.8 Å². The SMILES string of the molecule is CCn1cc2c(F)c(Br)ccc2n1.CCn1nc2ccc(Br)c(F)c2c1Cl. The average molecular weight is 521 g/mol. The van der Waals surface area contributed by atoms with E-state index in [1.165, 1.54) is 0 Å². The van der Waals surface area contributed by atoms with E-state index < -0.39 is 0 Å². The predicted molar refractivity (Wildman–Crippen MR) is 111 cm³/mol. The van der Waals surface area contributed by atoms with E-state index in [0.29, 0.717) is 42.4 Å². The Morgan fingerprint density at radius 2 is 1.56 bits per heavy atom. The van der Waals surface area contributed by atoms with Gasteiger partial charge < -0.3 is 0 Å². The summed E-state index contributed by atoms with van der Waals surface area (Å²) in [5.41, 5.74) is 1.28. The van der Waals surface area contributed by atoms with Crippen LogP contribution >= 0.6 is 43.5 Å². The Labute approximate surface area is 176 Å². The number of fused-ring (bicyclic) bond motifs is 2. The largest absolute Gasteiger partial charge is 0.272 e. The Bertz CT molecular complexity index is 1120. The molecule has 0 saturated carbocycles. The van der Waals surface area contributed by atoms with Crippen LogP contribution in [0.3, 0.4) is 0 Å². The third-order valence-electron chi connectivity index (χ3n) is 3.98. The molecule has 0 aliphatic heterocycles. The summed E-state index contributed by atoms with van der Waals surface area (Å²) in [5.74, 6) is -0.593. The fourth-order valence-corrected chi connectivity index (χ4v) is 3.59. The quantitative estimate of drug-likeness (QED) is 0.300. The van der Waals surface area contributed by atoms with Gasteiger partial charge in [-0.15, -0.1) is 0 Å². The number of halogens is 5. The number of rotatable bonds is 2. The fraction of sp³-hybridized carbons (Fsp3) is 0.222. The minimum atomic E-state index is -0.354. The second-order valence-corrected chi connectivity index (χ2v) is 7.71. The van der Waals surface area contributed by atoms with Gasteiger partial charge >= 0.3 is 0 Å². The summed E-state index contributed by atoms with van der Waals surface area (Å²) in [6, 6.07) is 6.83. The summed E-state index contributed by atoms with van der Waals surface area (Å²) in [5, 5.41) is 9.64. The molecule has 9 heteroatoms. The minimum absolute atomic E-state index is 0.239. The van der Waals surface area contributed by atoms with E-state index in [1.807, 2.05) is 13.8 Å². The first-order valence-electron chi connectivity index (χ1n) is 8.18. The highest BCUT2D eigenvalue weighted by atomic mass is 79.9. The van der Waals surface area contributed by atoms with Crippen LogP contribution in [0, 0.1) is 11.6 Å². The second kappa shape index (κ2) is 8.24. The average Bonchev–Trinajstić information content (AvgIpc) is 3.23. The lowest BCUT2D eigenvalue weighted by molar-refractivity contribution is 0.631. The normalized spacial score (nSPS) is 11.1. The van der Waals surface area contributed by atoms with Gasteiger partial charge in [-0.25, -0.2) is 8.78 Å². The van der Waals surface area contributed by atoms with E-state index in [4.69, 9.17) is 11.6 Å². The molecule has 142 valence electrons. The van der Waals surface area contributed by atoms with Gasteiger partial charge in [0, 0.05) is 19.3 Å². The summed E-state index contributed by atoms with van der Waals surface area (Å²) in [6.07, 6.45) is 1.72. The van der Waals surface area contributed by atoms with Gasteiger partial charge in [0.15, 0.2) is 0 Å². The number of benzene rings is 2. The number of hydrogen-bond acceptors (Lipinski definition) is 2. The van der Waals surface area contributed by atoms with Crippen molar-refractivity contribution in [2.75, 3.05) is 0 Å². The molecule has 0 spiro atoms. The third kappa shape index (κ3) is 3.88. The molecule has 0 saturated heterocycles. The van der Waals surface area contributed by atoms with Crippen molar-refractivity contribution in [1.82, 2.24) is 19.6 Å². The summed E-state index contributed by atoms with van der Waals surface area (Å²) in [6.45, 7) is 5.26. The van der Waals surface area contributed by atoms with Crippen molar-refractivity contribution in [3.8, 4) is 0 Å². The van der Waals surface area contributed by atoms with Gasteiger partial charge in [-0.2, -0.15) is 10.2 Å². The van der Waals surface area contributed by atoms with E-state index in [-0.39, 0.29) is 11.6 Å². The lowest BCUT2D eigenvalue weighted by Crippen LogP contribution is -1.94. The van der Waals surface area contributed by atoms with Crippen LogP contribution in [0.4, 0.5) is 8.78 Å². The van der Waals surface area contributed by atoms with Crippen molar-refractivity contribution in [1.29, 1.82) is 0 Å². The number of aromatic nitrogens is 4. The van der Waals surface area contributed by atoms with Crippen molar-refractivity contribution >= 4 is 65.3 Å². The lowest BCUT2D eigenvalue weighted by atomic mass is 10.2. The monoisotopic (exact) mass is 518 g/mol. The van der Waals surface area contributed by atoms with Gasteiger partial charge in [0.05, 0.1) is 30.8 Å². The summed E-state index contributed by atoms with van der Waals surface area (Å²) >= 11 is 12.2. The Morgan fingerprint density at radius 3 is 2.19 bits per heavy atom. The molecule has 0 amide bonds. The van der Waals surface area contributed by atoms with Crippen LogP contribution in [0.5, 0.6) is 0 Å². The van der Waals surface area contributed by atoms with E-state index in [0.717, 1.165) is 6.54 Å². The molecular weight excluding hydrogens is 505 g/mol. The topological polar surface area (TPSA) is 35.6 Å². The van der Waals surface area contributed by atoms with Crippen molar-refractivity contribution in [3.05, 3.63) is 56.2 Å². The second-order valence-electron chi connectivity index (χ2n) is 5.64. The molecule has 0 fully saturated rings. The summed E-state index contributed by atoms with van der Waals surface area (Å²) in [4.78, 5) is 0. The third-order valence-corrected chi connectivity index (χ3v) is 5.59. The van der Waals surface area contributed by atoms with Crippen LogP contribution < -0.4 is 0 Å². The maximum absolute atomic E-state index is 13.6. The first-order chi connectivity index (χ1) is 12.9. The van der Waals surface area contributed by atoms with Crippen molar-refractivity contribution in [3.63, 3.8) is 0 Å². The van der Waals surface area contributed by atoms with E-state index >= 15 is 0 Å². The van der Waals surface area contributed by atoms with Crippen LogP contribution in [-0.4, -0.2) is 19.6 Å². The van der Waals surface area contributed by atoms with E-state index in [1.54, 1.807) is 39.8 Å². The highest BCUT2D eigenvalue weighted by Gasteiger charge is 2.14. The standard InChI is InChI=1S/C9H7BrClFN2.C9H8BrFN2/c1-2-14-9(11)7-6(13-14)4-3-5(10)8(7)12;1-2-13-5-6-8(12-13)4-3-7(10)9(6)11/h3-4H,2H2,1H3;3-5H,2H2,1H3. The molecule has 0 N–H and O–H groups in total. The van der Waals surface area contributed by atoms with Crippen molar-refractivity contribution < 1.29 is 8.78 Å². The van der Waals surface area contributed by atoms with E-state index in [2.05, 4.69) is 42.1 Å². The Hall–Kier alpha value is -1.51. The Morgan fingerprint density at radius 1 is 0.926 bits per heavy atom. The lowest BCUT2D eigenvalue weighted by Gasteiger charge is -1.96. The Kier molecular flexibility index (Phi) is 6.18. The maximum atomic E-state index is 13.6. The zero-order valence-electron chi connectivity index (χ0n) is 14.5. The number of hydrogen-bond donors (Lipinski definition) is 0. The van der Waals surface area contributed by atoms with Crippen molar-refractivity contribution in [2.24, 2.45) is 0 Å². The molecule has 0 bridgehead atoms. The zero-order valence-corrected chi connectivity index (χ0v) is 18.4. The molecule has 0 unspecified atom stereocenters. The maximum Gasteiger partial charge on any atom is 0.149 e. The molecular formula is C18H15Br2ClF2N4. The zero-order chi connectivity index (χ0) is 19.7. The highest BCUT2D eigenvalue weighted by Crippen LogP contribution is 2.30. The number of aryl methyl sites for hydroxylation is 2. The smallest absolute Gasteiger partial charge is 0.149 e. The van der Waals surface area contributed by atoms with Crippen LogP contribution in [0.1, 0.15) is 13.8 Å². The van der Waals surface area contributed by atoms with E-state index in [9.17, 15) is 8.78 Å². The molecule has 2 aromatic heterocycles. The highest BCUT2D eigenvalue weighted by molar-refractivity contribution is 9.10. The van der Waals surface area contributed by atoms with Gasteiger partial charge in [0.2, 0.25) is 0 Å². The van der Waals surface area contributed by atoms with Crippen molar-refractivity contribution in [2.45, 2.75) is 26.9 Å². The number of nitrogens with zero attached hydrogens (tertiary/aromatic N) is 4. The fourth-order valence-electron chi connectivity index (χ4n) is 2.58. The molecule has 2 aromatic carbocycles. The molecule has 0 aliphatic rings. The summed E-state index contributed by atoms with van der Waals surface area (Å²) in [7, 11) is 0. The van der Waals surface area contributed by atoms with Gasteiger partial charge in [-0.05, 0) is 70.0 Å². The van der Waals surface area contributed by atoms with Gasteiger partial charge in [-0.3, -0.25) is 9.36 Å². The van der Waals surface area contributed by atoms with Crippen LogP contribution in [0.15, 0.2) is 39.4 Å². The molecule has 0 atom stereocenters. The molecule has 0 radical (unpaired) electrons. The first-order valence-corrected chi connectivity index (χ1v) is 10.1. The van der Waals surface area contributed by atoms with Gasteiger partial charge in [-0.1, -0.05) is 11.6 Å². The van der Waals surface area contributed by atoms with Gasteiger partial charge in [0.25, 0.3) is 0 Å². The molecule has 4 nitrogen and oxygen atoms in total. The molecule has 2 heterocycles. The molecule has 0 aliphatic carbocycles. The van der Waals surface area contributed by atoms with Crippen LogP contribution in [-0.2, 0) is 13.1 Å².